The van der Waals surface area contributed by atoms with Crippen LogP contribution in [0, 0.1) is 0 Å². The van der Waals surface area contributed by atoms with Gasteiger partial charge in [0.05, 0.1) is 15.5 Å². The maximum Gasteiger partial charge on any atom is 0.0967 e. The Labute approximate surface area is 60.1 Å². The van der Waals surface area contributed by atoms with E-state index in [2.05, 4.69) is 21.4 Å². The van der Waals surface area contributed by atoms with Gasteiger partial charge in [-0.05, 0) is 21.4 Å². The van der Waals surface area contributed by atoms with Crippen LogP contribution in [0.1, 0.15) is 0 Å². The molecule has 0 aromatic rings. The van der Waals surface area contributed by atoms with Crippen molar-refractivity contribution < 1.29 is 0 Å². The fourth-order valence-electron chi connectivity index (χ4n) is 0. The Morgan fingerprint density at radius 2 is 1.17 bits per heavy atom. The van der Waals surface area contributed by atoms with Gasteiger partial charge in [-0.15, -0.1) is 23.2 Å². The molecule has 0 spiro atoms. The van der Waals surface area contributed by atoms with E-state index in [0.717, 1.165) is 0 Å². The first-order valence-electron chi connectivity index (χ1n) is 0.843. The molecule has 0 saturated heterocycles. The van der Waals surface area contributed by atoms with Crippen molar-refractivity contribution in [1.29, 1.82) is 0 Å². The second-order valence-corrected chi connectivity index (χ2v) is 2.48. The van der Waals surface area contributed by atoms with Crippen molar-refractivity contribution in [3.8, 4) is 0 Å². The summed E-state index contributed by atoms with van der Waals surface area (Å²) in [4.78, 5) is 0. The quantitative estimate of drug-likeness (QED) is 0.524. The third-order valence-corrected chi connectivity index (χ3v) is 0. The van der Waals surface area contributed by atoms with Gasteiger partial charge in [0.25, 0.3) is 0 Å². The number of alkyl halides is 2. The summed E-state index contributed by atoms with van der Waals surface area (Å²) in [6.45, 7) is 0. The van der Waals surface area contributed by atoms with Crippen LogP contribution in [-0.2, 0) is 0 Å². The summed E-state index contributed by atoms with van der Waals surface area (Å²) in [5.74, 6) is 0. The molecule has 40 valence electrons. The van der Waals surface area contributed by atoms with Crippen LogP contribution >= 0.6 is 54.8 Å². The molecule has 0 aliphatic heterocycles. The van der Waals surface area contributed by atoms with E-state index in [-0.39, 0.29) is 5.34 Å². The SMILES string of the molecule is ClCCl.ClSCl. The van der Waals surface area contributed by atoms with E-state index in [9.17, 15) is 0 Å². The Balaban J connectivity index is 0. The summed E-state index contributed by atoms with van der Waals surface area (Å²) in [7, 11) is 10.1. The van der Waals surface area contributed by atoms with Gasteiger partial charge in [-0.2, -0.15) is 0 Å². The highest BCUT2D eigenvalue weighted by atomic mass is 36.0. The van der Waals surface area contributed by atoms with Crippen molar-refractivity contribution in [3.05, 3.63) is 0 Å². The molecule has 0 N–H and O–H groups in total. The molecule has 0 heterocycles. The highest BCUT2D eigenvalue weighted by molar-refractivity contribution is 8.38. The zero-order valence-electron chi connectivity index (χ0n) is 2.63. The lowest BCUT2D eigenvalue weighted by Gasteiger charge is -1.42. The molecule has 0 rings (SSSR count). The first-order chi connectivity index (χ1) is 2.83. The van der Waals surface area contributed by atoms with Crippen LogP contribution in [-0.4, -0.2) is 5.34 Å². The lowest BCUT2D eigenvalue weighted by molar-refractivity contribution is 2.20. The topological polar surface area (TPSA) is 0 Å². The minimum absolute atomic E-state index is 0.194. The van der Waals surface area contributed by atoms with E-state index < -0.39 is 0 Å². The maximum absolute atomic E-state index is 4.76. The average molecular weight is 188 g/mol. The summed E-state index contributed by atoms with van der Waals surface area (Å²) in [5.41, 5.74) is 0. The number of rotatable bonds is 0. The molecule has 5 heteroatoms. The third-order valence-electron chi connectivity index (χ3n) is 0. The zero-order chi connectivity index (χ0) is 5.41. The largest absolute Gasteiger partial charge is 0.109 e. The fraction of sp³-hybridized carbons (Fsp3) is 1.00. The second kappa shape index (κ2) is 16.0. The Kier molecular flexibility index (Phi) is 28.0. The first kappa shape index (κ1) is 10.5. The Morgan fingerprint density at radius 3 is 1.17 bits per heavy atom. The van der Waals surface area contributed by atoms with E-state index >= 15 is 0 Å². The lowest BCUT2D eigenvalue weighted by atomic mass is 11.9. The zero-order valence-corrected chi connectivity index (χ0v) is 6.47. The van der Waals surface area contributed by atoms with Gasteiger partial charge in [0.2, 0.25) is 0 Å². The number of hydrogen-bond donors (Lipinski definition) is 0. The van der Waals surface area contributed by atoms with Crippen molar-refractivity contribution in [3.63, 3.8) is 0 Å². The van der Waals surface area contributed by atoms with Crippen LogP contribution in [0.3, 0.4) is 0 Å². The molecule has 0 fully saturated rings. The Morgan fingerprint density at radius 1 is 1.17 bits per heavy atom. The van der Waals surface area contributed by atoms with Gasteiger partial charge in [0.15, 0.2) is 0 Å². The molecule has 6 heavy (non-hydrogen) atoms. The fourth-order valence-corrected chi connectivity index (χ4v) is 0. The van der Waals surface area contributed by atoms with Crippen LogP contribution in [0.4, 0.5) is 0 Å². The molecule has 0 aromatic heterocycles. The summed E-state index contributed by atoms with van der Waals surface area (Å²) in [5, 5.41) is 0.194. The van der Waals surface area contributed by atoms with Gasteiger partial charge in [0.1, 0.15) is 0 Å². The van der Waals surface area contributed by atoms with Crippen molar-refractivity contribution >= 4 is 54.8 Å². The van der Waals surface area contributed by atoms with Crippen LogP contribution < -0.4 is 0 Å². The first-order valence-corrected chi connectivity index (χ1v) is 4.38. The minimum Gasteiger partial charge on any atom is -0.109 e. The summed E-state index contributed by atoms with van der Waals surface area (Å²) >= 11 is 9.53. The van der Waals surface area contributed by atoms with Crippen molar-refractivity contribution in [2.75, 3.05) is 5.34 Å². The van der Waals surface area contributed by atoms with Gasteiger partial charge in [-0.3, -0.25) is 0 Å². The third kappa shape index (κ3) is 49.2. The molecule has 0 radical (unpaired) electrons. The van der Waals surface area contributed by atoms with Crippen LogP contribution in [0.25, 0.3) is 0 Å². The van der Waals surface area contributed by atoms with Gasteiger partial charge in [-0.1, -0.05) is 0 Å². The smallest absolute Gasteiger partial charge is 0.0967 e. The van der Waals surface area contributed by atoms with Crippen LogP contribution in [0.2, 0.25) is 0 Å². The van der Waals surface area contributed by atoms with Gasteiger partial charge < -0.3 is 0 Å². The van der Waals surface area contributed by atoms with Gasteiger partial charge in [0, 0.05) is 0 Å². The van der Waals surface area contributed by atoms with Crippen molar-refractivity contribution in [2.24, 2.45) is 0 Å². The molecule has 0 amide bonds. The minimum atomic E-state index is 0.194. The van der Waals surface area contributed by atoms with Crippen molar-refractivity contribution in [2.45, 2.75) is 0 Å². The van der Waals surface area contributed by atoms with Crippen LogP contribution in [0.15, 0.2) is 0 Å². The van der Waals surface area contributed by atoms with Crippen LogP contribution in [0.5, 0.6) is 0 Å². The standard InChI is InChI=1S/CH2Cl2.Cl2S/c2-1-3;1-3-2/h1H2;. The molecule has 0 saturated carbocycles. The molecular formula is CH2Cl4S. The van der Waals surface area contributed by atoms with E-state index in [1.165, 1.54) is 0 Å². The molecule has 0 aliphatic carbocycles. The average Bonchev–Trinajstić information content (AvgIpc) is 1.39. The molecule has 0 bridgehead atoms. The molecule has 0 nitrogen and oxygen atoms in total. The van der Waals surface area contributed by atoms with E-state index in [1.54, 1.807) is 0 Å². The highest BCUT2D eigenvalue weighted by Crippen LogP contribution is 2.08. The molecule has 0 aromatic carbocycles. The highest BCUT2D eigenvalue weighted by Gasteiger charge is 1.43. The molecule has 0 atom stereocenters. The second-order valence-electron chi connectivity index (χ2n) is 0.159. The Bertz CT molecular complexity index is 9.51. The summed E-state index contributed by atoms with van der Waals surface area (Å²) < 4.78 is 0. The molecule has 0 aliphatic rings. The Hall–Kier alpha value is 1.51. The predicted octanol–water partition coefficient (Wildman–Crippen LogP) is 3.45. The van der Waals surface area contributed by atoms with E-state index in [4.69, 9.17) is 23.2 Å². The molecule has 0 unspecified atom stereocenters. The predicted molar refractivity (Wildman–Crippen MR) is 35.9 cm³/mol. The monoisotopic (exact) mass is 186 g/mol. The lowest BCUT2D eigenvalue weighted by Crippen LogP contribution is -1.24. The van der Waals surface area contributed by atoms with E-state index in [0.29, 0.717) is 10.2 Å². The van der Waals surface area contributed by atoms with E-state index in [1.807, 2.05) is 0 Å². The summed E-state index contributed by atoms with van der Waals surface area (Å²) in [6, 6.07) is 0. The van der Waals surface area contributed by atoms with Gasteiger partial charge >= 0.3 is 0 Å². The normalized spacial score (nSPS) is 6.00. The number of halogens is 4. The maximum atomic E-state index is 4.76. The number of hydrogen-bond acceptors (Lipinski definition) is 1. The van der Waals surface area contributed by atoms with Crippen molar-refractivity contribution in [1.82, 2.24) is 0 Å². The summed E-state index contributed by atoms with van der Waals surface area (Å²) in [6.07, 6.45) is 0. The molecular weight excluding hydrogens is 186 g/mol. The van der Waals surface area contributed by atoms with Gasteiger partial charge in [-0.25, -0.2) is 0 Å².